The SMILES string of the molecule is Cc1nc(C)c(C(=O)Nc2ccc(Cl)c(-c3cn4cc(NC(=O)N5CCOCC5)cnc4n3)c2)o1. The molecule has 1 aromatic carbocycles. The molecule has 3 aromatic heterocycles. The number of hydrogen-bond acceptors (Lipinski definition) is 7. The van der Waals surface area contributed by atoms with E-state index in [1.165, 1.54) is 0 Å². The quantitative estimate of drug-likeness (QED) is 0.441. The van der Waals surface area contributed by atoms with Crippen molar-refractivity contribution in [3.63, 3.8) is 0 Å². The van der Waals surface area contributed by atoms with Crippen molar-refractivity contribution >= 4 is 40.7 Å². The number of morpholine rings is 1. The van der Waals surface area contributed by atoms with Crippen LogP contribution in [0.15, 0.2) is 41.2 Å². The third-order valence-corrected chi connectivity index (χ3v) is 5.80. The van der Waals surface area contributed by atoms with Gasteiger partial charge >= 0.3 is 6.03 Å². The lowest BCUT2D eigenvalue weighted by Crippen LogP contribution is -2.43. The molecule has 0 unspecified atom stereocenters. The number of aromatic nitrogens is 4. The Morgan fingerprint density at radius 3 is 2.60 bits per heavy atom. The molecule has 0 saturated carbocycles. The Morgan fingerprint density at radius 1 is 1.06 bits per heavy atom. The van der Waals surface area contributed by atoms with Crippen molar-refractivity contribution in [3.05, 3.63) is 59.2 Å². The number of carbonyl (C=O) groups is 2. The second kappa shape index (κ2) is 9.35. The van der Waals surface area contributed by atoms with Crippen molar-refractivity contribution in [2.24, 2.45) is 0 Å². The molecule has 0 aliphatic carbocycles. The van der Waals surface area contributed by atoms with E-state index in [1.807, 2.05) is 0 Å². The maximum atomic E-state index is 12.6. The van der Waals surface area contributed by atoms with Gasteiger partial charge in [0.25, 0.3) is 5.91 Å². The molecule has 1 saturated heterocycles. The summed E-state index contributed by atoms with van der Waals surface area (Å²) in [6.45, 7) is 5.51. The van der Waals surface area contributed by atoms with Gasteiger partial charge in [-0.15, -0.1) is 0 Å². The van der Waals surface area contributed by atoms with E-state index in [-0.39, 0.29) is 11.8 Å². The maximum Gasteiger partial charge on any atom is 0.322 e. The van der Waals surface area contributed by atoms with Gasteiger partial charge < -0.3 is 24.7 Å². The number of ether oxygens (including phenoxy) is 1. The second-order valence-corrected chi connectivity index (χ2v) is 8.41. The summed E-state index contributed by atoms with van der Waals surface area (Å²) >= 11 is 6.44. The largest absolute Gasteiger partial charge is 0.436 e. The number of urea groups is 1. The average molecular weight is 496 g/mol. The van der Waals surface area contributed by atoms with Crippen LogP contribution in [0.5, 0.6) is 0 Å². The summed E-state index contributed by atoms with van der Waals surface area (Å²) < 4.78 is 12.4. The third-order valence-electron chi connectivity index (χ3n) is 5.47. The topological polar surface area (TPSA) is 127 Å². The standard InChI is InChI=1S/C23H22ClN7O4/c1-13-20(35-14(2)26-13)21(32)27-15-3-4-18(24)17(9-15)19-12-31-11-16(10-25-22(31)29-19)28-23(33)30-5-7-34-8-6-30/h3-4,9-12H,5-8H2,1-2H3,(H,27,32)(H,28,33). The molecule has 4 aromatic rings. The Bertz CT molecular complexity index is 1420. The molecule has 180 valence electrons. The van der Waals surface area contributed by atoms with Gasteiger partial charge in [-0.2, -0.15) is 0 Å². The average Bonchev–Trinajstić information content (AvgIpc) is 3.42. The number of anilines is 2. The number of fused-ring (bicyclic) bond motifs is 1. The van der Waals surface area contributed by atoms with E-state index in [1.54, 1.807) is 59.9 Å². The molecule has 5 rings (SSSR count). The highest BCUT2D eigenvalue weighted by Crippen LogP contribution is 2.30. The van der Waals surface area contributed by atoms with Gasteiger partial charge in [0.1, 0.15) is 0 Å². The van der Waals surface area contributed by atoms with Gasteiger partial charge in [-0.3, -0.25) is 9.20 Å². The number of hydrogen-bond donors (Lipinski definition) is 2. The lowest BCUT2D eigenvalue weighted by Gasteiger charge is -2.26. The molecule has 2 N–H and O–H groups in total. The molecule has 3 amide bonds. The van der Waals surface area contributed by atoms with E-state index in [9.17, 15) is 9.59 Å². The fourth-order valence-corrected chi connectivity index (χ4v) is 3.99. The molecule has 12 heteroatoms. The molecule has 0 spiro atoms. The molecule has 0 bridgehead atoms. The smallest absolute Gasteiger partial charge is 0.322 e. The minimum atomic E-state index is -0.409. The zero-order valence-electron chi connectivity index (χ0n) is 19.0. The second-order valence-electron chi connectivity index (χ2n) is 8.00. The first kappa shape index (κ1) is 22.8. The van der Waals surface area contributed by atoms with Crippen molar-refractivity contribution in [2.45, 2.75) is 13.8 Å². The minimum Gasteiger partial charge on any atom is -0.436 e. The van der Waals surface area contributed by atoms with Crippen molar-refractivity contribution in [1.29, 1.82) is 0 Å². The number of oxazole rings is 1. The van der Waals surface area contributed by atoms with Gasteiger partial charge in [0, 0.05) is 43.7 Å². The normalized spacial score (nSPS) is 13.7. The van der Waals surface area contributed by atoms with Gasteiger partial charge in [-0.1, -0.05) is 11.6 Å². The molecule has 35 heavy (non-hydrogen) atoms. The summed E-state index contributed by atoms with van der Waals surface area (Å²) in [5, 5.41) is 6.11. The first-order valence-electron chi connectivity index (χ1n) is 10.9. The summed E-state index contributed by atoms with van der Waals surface area (Å²) in [6, 6.07) is 4.88. The van der Waals surface area contributed by atoms with Crippen molar-refractivity contribution in [1.82, 2.24) is 24.3 Å². The Kier molecular flexibility index (Phi) is 6.10. The summed E-state index contributed by atoms with van der Waals surface area (Å²) in [4.78, 5) is 39.8. The molecular weight excluding hydrogens is 474 g/mol. The van der Waals surface area contributed by atoms with Crippen LogP contribution in [0.3, 0.4) is 0 Å². The number of amides is 3. The lowest BCUT2D eigenvalue weighted by atomic mass is 10.1. The molecule has 1 aliphatic heterocycles. The molecule has 1 fully saturated rings. The Hall–Kier alpha value is -3.96. The highest BCUT2D eigenvalue weighted by atomic mass is 35.5. The first-order valence-corrected chi connectivity index (χ1v) is 11.3. The number of rotatable bonds is 4. The summed E-state index contributed by atoms with van der Waals surface area (Å²) in [5.41, 5.74) is 2.73. The fourth-order valence-electron chi connectivity index (χ4n) is 3.78. The fraction of sp³-hybridized carbons (Fsp3) is 0.261. The highest BCUT2D eigenvalue weighted by molar-refractivity contribution is 6.33. The zero-order valence-corrected chi connectivity index (χ0v) is 19.8. The van der Waals surface area contributed by atoms with Crippen molar-refractivity contribution < 1.29 is 18.7 Å². The van der Waals surface area contributed by atoms with Gasteiger partial charge in [-0.05, 0) is 25.1 Å². The number of nitrogens with zero attached hydrogens (tertiary/aromatic N) is 5. The van der Waals surface area contributed by atoms with Gasteiger partial charge in [-0.25, -0.2) is 19.7 Å². The van der Waals surface area contributed by atoms with E-state index >= 15 is 0 Å². The van der Waals surface area contributed by atoms with E-state index in [4.69, 9.17) is 20.8 Å². The minimum absolute atomic E-state index is 0.155. The number of aryl methyl sites for hydroxylation is 2. The number of carbonyl (C=O) groups excluding carboxylic acids is 2. The van der Waals surface area contributed by atoms with Crippen LogP contribution in [-0.2, 0) is 4.74 Å². The molecule has 0 atom stereocenters. The van der Waals surface area contributed by atoms with Crippen LogP contribution in [0.1, 0.15) is 22.1 Å². The number of nitrogens with one attached hydrogen (secondary N) is 2. The Morgan fingerprint density at radius 2 is 1.86 bits per heavy atom. The predicted molar refractivity (Wildman–Crippen MR) is 129 cm³/mol. The van der Waals surface area contributed by atoms with Crippen LogP contribution >= 0.6 is 11.6 Å². The molecular formula is C23H22ClN7O4. The summed E-state index contributed by atoms with van der Waals surface area (Å²) in [6.07, 6.45) is 5.03. The first-order chi connectivity index (χ1) is 16.9. The van der Waals surface area contributed by atoms with Crippen LogP contribution < -0.4 is 10.6 Å². The van der Waals surface area contributed by atoms with E-state index in [2.05, 4.69) is 25.6 Å². The van der Waals surface area contributed by atoms with Crippen molar-refractivity contribution in [3.8, 4) is 11.3 Å². The van der Waals surface area contributed by atoms with Crippen LogP contribution in [0, 0.1) is 13.8 Å². The maximum absolute atomic E-state index is 12.6. The monoisotopic (exact) mass is 495 g/mol. The summed E-state index contributed by atoms with van der Waals surface area (Å²) in [7, 11) is 0. The van der Waals surface area contributed by atoms with E-state index in [0.29, 0.717) is 71.3 Å². The van der Waals surface area contributed by atoms with E-state index < -0.39 is 5.91 Å². The highest BCUT2D eigenvalue weighted by Gasteiger charge is 2.19. The van der Waals surface area contributed by atoms with Crippen LogP contribution in [0.4, 0.5) is 16.2 Å². The third kappa shape index (κ3) is 4.81. The molecule has 1 aliphatic rings. The number of halogens is 1. The molecule has 11 nitrogen and oxygen atoms in total. The number of benzene rings is 1. The van der Waals surface area contributed by atoms with Gasteiger partial charge in [0.05, 0.1) is 41.5 Å². The van der Waals surface area contributed by atoms with Crippen LogP contribution in [-0.4, -0.2) is 62.5 Å². The van der Waals surface area contributed by atoms with Gasteiger partial charge in [0.2, 0.25) is 11.5 Å². The van der Waals surface area contributed by atoms with Crippen LogP contribution in [0.2, 0.25) is 5.02 Å². The Labute approximate surface area is 205 Å². The predicted octanol–water partition coefficient (Wildman–Crippen LogP) is 3.77. The summed E-state index contributed by atoms with van der Waals surface area (Å²) in [5.74, 6) is 0.598. The van der Waals surface area contributed by atoms with E-state index in [0.717, 1.165) is 0 Å². The number of imidazole rings is 1. The lowest BCUT2D eigenvalue weighted by molar-refractivity contribution is 0.0564. The van der Waals surface area contributed by atoms with Crippen molar-refractivity contribution in [2.75, 3.05) is 36.9 Å². The molecule has 0 radical (unpaired) electrons. The van der Waals surface area contributed by atoms with Crippen LogP contribution in [0.25, 0.3) is 17.0 Å². The zero-order chi connectivity index (χ0) is 24.5. The van der Waals surface area contributed by atoms with Gasteiger partial charge in [0.15, 0.2) is 5.89 Å². The molecule has 4 heterocycles. The Balaban J connectivity index is 1.37.